The second-order valence-corrected chi connectivity index (χ2v) is 4.59. The third kappa shape index (κ3) is 6.95. The fraction of sp³-hybridized carbons (Fsp3) is 0.471. The number of carbonyl (C=O) groups is 1. The second kappa shape index (κ2) is 10.9. The van der Waals surface area contributed by atoms with Gasteiger partial charge in [0.2, 0.25) is 0 Å². The molecule has 0 aliphatic rings. The zero-order valence-electron chi connectivity index (χ0n) is 13.0. The summed E-state index contributed by atoms with van der Waals surface area (Å²) in [5, 5.41) is 0. The molecule has 118 valence electrons. The number of hydrogen-bond donors (Lipinski definition) is 0. The van der Waals surface area contributed by atoms with Gasteiger partial charge in [-0.15, -0.1) is 0 Å². The zero-order chi connectivity index (χ0) is 14.8. The summed E-state index contributed by atoms with van der Waals surface area (Å²) in [6.07, 6.45) is 4.57. The molecular formula is C17H26O4. The molecule has 4 heteroatoms. The Morgan fingerprint density at radius 2 is 2.00 bits per heavy atom. The summed E-state index contributed by atoms with van der Waals surface area (Å²) in [5.41, 5.74) is 1.16. The van der Waals surface area contributed by atoms with Crippen LogP contribution in [0.1, 0.15) is 38.7 Å². The van der Waals surface area contributed by atoms with Crippen molar-refractivity contribution in [2.45, 2.75) is 39.5 Å². The van der Waals surface area contributed by atoms with Gasteiger partial charge in [0.25, 0.3) is 0 Å². The van der Waals surface area contributed by atoms with Crippen LogP contribution in [0, 0.1) is 0 Å². The number of aryl methyl sites for hydroxylation is 1. The van der Waals surface area contributed by atoms with Crippen LogP contribution < -0.4 is 9.47 Å². The van der Waals surface area contributed by atoms with E-state index in [9.17, 15) is 4.79 Å². The lowest BCUT2D eigenvalue weighted by Gasteiger charge is -2.13. The Balaban J connectivity index is 0.00000400. The molecule has 0 amide bonds. The highest BCUT2D eigenvalue weighted by Crippen LogP contribution is 2.29. The van der Waals surface area contributed by atoms with Gasteiger partial charge in [-0.05, 0) is 50.0 Å². The number of carbonyl (C=O) groups excluding carboxylic acids is 1. The normalized spacial score (nSPS) is 9.62. The Bertz CT molecular complexity index is 440. The van der Waals surface area contributed by atoms with Crippen molar-refractivity contribution in [1.29, 1.82) is 0 Å². The molecule has 1 aromatic rings. The summed E-state index contributed by atoms with van der Waals surface area (Å²) in [6.45, 7) is 8.81. The lowest BCUT2D eigenvalue weighted by Crippen LogP contribution is -2.01. The van der Waals surface area contributed by atoms with Crippen LogP contribution in [0.2, 0.25) is 0 Å². The molecule has 0 spiro atoms. The number of rotatable bonds is 10. The summed E-state index contributed by atoms with van der Waals surface area (Å²) in [4.78, 5) is 11.2. The van der Waals surface area contributed by atoms with E-state index in [0.717, 1.165) is 36.3 Å². The number of benzene rings is 1. The van der Waals surface area contributed by atoms with Crippen LogP contribution in [-0.4, -0.2) is 24.5 Å². The van der Waals surface area contributed by atoms with Crippen molar-refractivity contribution in [2.75, 3.05) is 13.2 Å². The van der Waals surface area contributed by atoms with Crippen molar-refractivity contribution < 1.29 is 19.7 Å². The Hall–Kier alpha value is -1.81. The van der Waals surface area contributed by atoms with Crippen molar-refractivity contribution in [3.8, 4) is 11.5 Å². The van der Waals surface area contributed by atoms with Crippen LogP contribution in [0.4, 0.5) is 0 Å². The zero-order valence-corrected chi connectivity index (χ0v) is 13.0. The van der Waals surface area contributed by atoms with Crippen LogP contribution >= 0.6 is 0 Å². The van der Waals surface area contributed by atoms with Crippen molar-refractivity contribution in [3.05, 3.63) is 36.4 Å². The van der Waals surface area contributed by atoms with E-state index in [1.54, 1.807) is 0 Å². The molecular weight excluding hydrogens is 268 g/mol. The minimum absolute atomic E-state index is 0. The maximum absolute atomic E-state index is 11.2. The molecule has 21 heavy (non-hydrogen) atoms. The predicted molar refractivity (Wildman–Crippen MR) is 85.2 cm³/mol. The van der Waals surface area contributed by atoms with Gasteiger partial charge in [-0.3, -0.25) is 4.79 Å². The quantitative estimate of drug-likeness (QED) is 0.623. The third-order valence-corrected chi connectivity index (χ3v) is 2.89. The molecule has 0 fully saturated rings. The highest BCUT2D eigenvalue weighted by Gasteiger charge is 2.07. The second-order valence-electron chi connectivity index (χ2n) is 4.59. The molecule has 0 atom stereocenters. The van der Waals surface area contributed by atoms with Crippen LogP contribution in [0.25, 0.3) is 0 Å². The first-order chi connectivity index (χ1) is 9.71. The van der Waals surface area contributed by atoms with E-state index in [1.165, 1.54) is 6.08 Å². The van der Waals surface area contributed by atoms with Crippen molar-refractivity contribution >= 4 is 5.78 Å². The first-order valence-electron chi connectivity index (χ1n) is 7.25. The number of ether oxygens (including phenoxy) is 2. The summed E-state index contributed by atoms with van der Waals surface area (Å²) >= 11 is 0. The van der Waals surface area contributed by atoms with Crippen LogP contribution in [-0.2, 0) is 11.2 Å². The maximum Gasteiger partial charge on any atom is 0.161 e. The van der Waals surface area contributed by atoms with E-state index in [2.05, 4.69) is 13.5 Å². The molecule has 4 nitrogen and oxygen atoms in total. The maximum atomic E-state index is 11.2. The van der Waals surface area contributed by atoms with E-state index >= 15 is 0 Å². The van der Waals surface area contributed by atoms with Gasteiger partial charge in [0, 0.05) is 6.42 Å². The number of ketones is 1. The van der Waals surface area contributed by atoms with Crippen LogP contribution in [0.15, 0.2) is 30.9 Å². The Kier molecular flexibility index (Phi) is 9.98. The standard InChI is InChI=1S/C17H24O3.H2O/c1-4-12-20-16-11-10-14(13-17(16)19-6-3)8-7-9-15(18)5-2;/h5,10-11,13H,2,4,6-9,12H2,1,3H3;1H2. The Morgan fingerprint density at radius 3 is 2.62 bits per heavy atom. The molecule has 0 heterocycles. The predicted octanol–water partition coefficient (Wildman–Crippen LogP) is 3.13. The molecule has 0 radical (unpaired) electrons. The minimum Gasteiger partial charge on any atom is -0.490 e. The van der Waals surface area contributed by atoms with Gasteiger partial charge in [-0.2, -0.15) is 0 Å². The minimum atomic E-state index is 0. The molecule has 0 saturated heterocycles. The van der Waals surface area contributed by atoms with E-state index in [-0.39, 0.29) is 11.3 Å². The average Bonchev–Trinajstić information content (AvgIpc) is 2.46. The Labute approximate surface area is 127 Å². The summed E-state index contributed by atoms with van der Waals surface area (Å²) in [5.74, 6) is 1.67. The van der Waals surface area contributed by atoms with Crippen molar-refractivity contribution in [1.82, 2.24) is 0 Å². The van der Waals surface area contributed by atoms with Gasteiger partial charge >= 0.3 is 0 Å². The Morgan fingerprint density at radius 1 is 1.24 bits per heavy atom. The largest absolute Gasteiger partial charge is 0.490 e. The van der Waals surface area contributed by atoms with E-state index in [0.29, 0.717) is 19.6 Å². The van der Waals surface area contributed by atoms with E-state index in [4.69, 9.17) is 9.47 Å². The molecule has 0 aliphatic heterocycles. The van der Waals surface area contributed by atoms with Crippen molar-refractivity contribution in [3.63, 3.8) is 0 Å². The highest BCUT2D eigenvalue weighted by atomic mass is 16.5. The molecule has 2 N–H and O–H groups in total. The molecule has 0 unspecified atom stereocenters. The van der Waals surface area contributed by atoms with Gasteiger partial charge in [-0.1, -0.05) is 19.6 Å². The van der Waals surface area contributed by atoms with Crippen LogP contribution in [0.3, 0.4) is 0 Å². The molecule has 0 saturated carbocycles. The van der Waals surface area contributed by atoms with Crippen LogP contribution in [0.5, 0.6) is 11.5 Å². The van der Waals surface area contributed by atoms with E-state index < -0.39 is 0 Å². The van der Waals surface area contributed by atoms with Gasteiger partial charge in [0.1, 0.15) is 0 Å². The monoisotopic (exact) mass is 294 g/mol. The van der Waals surface area contributed by atoms with E-state index in [1.807, 2.05) is 25.1 Å². The lowest BCUT2D eigenvalue weighted by atomic mass is 10.1. The molecule has 1 aromatic carbocycles. The molecule has 0 aliphatic carbocycles. The fourth-order valence-electron chi connectivity index (χ4n) is 1.88. The molecule has 1 rings (SSSR count). The van der Waals surface area contributed by atoms with Crippen molar-refractivity contribution in [2.24, 2.45) is 0 Å². The van der Waals surface area contributed by atoms with Gasteiger partial charge in [0.05, 0.1) is 13.2 Å². The smallest absolute Gasteiger partial charge is 0.161 e. The third-order valence-electron chi connectivity index (χ3n) is 2.89. The average molecular weight is 294 g/mol. The lowest BCUT2D eigenvalue weighted by molar-refractivity contribution is -0.114. The number of hydrogen-bond acceptors (Lipinski definition) is 3. The number of allylic oxidation sites excluding steroid dienone is 1. The van der Waals surface area contributed by atoms with Gasteiger partial charge in [-0.25, -0.2) is 0 Å². The highest BCUT2D eigenvalue weighted by molar-refractivity contribution is 5.88. The SMILES string of the molecule is C=CC(=O)CCCc1ccc(OCCC)c(OCC)c1.O. The summed E-state index contributed by atoms with van der Waals surface area (Å²) in [6, 6.07) is 5.99. The molecule has 0 aromatic heterocycles. The summed E-state index contributed by atoms with van der Waals surface area (Å²) in [7, 11) is 0. The van der Waals surface area contributed by atoms with Gasteiger partial charge < -0.3 is 14.9 Å². The fourth-order valence-corrected chi connectivity index (χ4v) is 1.88. The molecule has 0 bridgehead atoms. The topological polar surface area (TPSA) is 67.0 Å². The summed E-state index contributed by atoms with van der Waals surface area (Å²) < 4.78 is 11.3. The first-order valence-corrected chi connectivity index (χ1v) is 7.25. The first kappa shape index (κ1) is 19.2. The van der Waals surface area contributed by atoms with Gasteiger partial charge in [0.15, 0.2) is 17.3 Å².